The van der Waals surface area contributed by atoms with Crippen LogP contribution in [-0.4, -0.2) is 34.4 Å². The van der Waals surface area contributed by atoms with Crippen LogP contribution in [-0.2, 0) is 0 Å². The van der Waals surface area contributed by atoms with E-state index in [2.05, 4.69) is 5.16 Å². The molecule has 0 aliphatic carbocycles. The maximum Gasteiger partial charge on any atom is 0.259 e. The zero-order valence-corrected chi connectivity index (χ0v) is 9.49. The third kappa shape index (κ3) is 1.86. The van der Waals surface area contributed by atoms with Crippen LogP contribution >= 0.6 is 11.6 Å². The van der Waals surface area contributed by atoms with Crippen molar-refractivity contribution >= 4 is 17.5 Å². The molecule has 15 heavy (non-hydrogen) atoms. The fourth-order valence-corrected chi connectivity index (χ4v) is 2.01. The molecule has 1 saturated heterocycles. The molecule has 5 heteroatoms. The number of halogens is 1. The summed E-state index contributed by atoms with van der Waals surface area (Å²) in [4.78, 5) is 13.7. The fraction of sp³-hybridized carbons (Fsp3) is 0.600. The van der Waals surface area contributed by atoms with Gasteiger partial charge in [-0.25, -0.2) is 0 Å². The van der Waals surface area contributed by atoms with Gasteiger partial charge in [0, 0.05) is 13.1 Å². The molecular formula is C10H13ClN2O2. The average Bonchev–Trinajstić information content (AvgIpc) is 2.74. The largest absolute Gasteiger partial charge is 0.361 e. The van der Waals surface area contributed by atoms with Crippen molar-refractivity contribution in [2.45, 2.75) is 19.2 Å². The second-order valence-corrected chi connectivity index (χ2v) is 4.56. The van der Waals surface area contributed by atoms with Crippen molar-refractivity contribution in [1.82, 2.24) is 10.1 Å². The van der Waals surface area contributed by atoms with Crippen LogP contribution in [0.1, 0.15) is 23.0 Å². The van der Waals surface area contributed by atoms with Crippen molar-refractivity contribution in [2.24, 2.45) is 5.92 Å². The number of likely N-dealkylation sites (tertiary alicyclic amines) is 1. The molecule has 0 bridgehead atoms. The second-order valence-electron chi connectivity index (χ2n) is 4.00. The highest BCUT2D eigenvalue weighted by molar-refractivity contribution is 6.21. The van der Waals surface area contributed by atoms with Gasteiger partial charge in [0.05, 0.1) is 11.6 Å². The number of rotatable bonds is 1. The molecule has 1 aromatic rings. The Hall–Kier alpha value is -1.03. The number of hydrogen-bond acceptors (Lipinski definition) is 3. The lowest BCUT2D eigenvalue weighted by Crippen LogP contribution is -2.29. The van der Waals surface area contributed by atoms with Gasteiger partial charge in [0.2, 0.25) is 0 Å². The van der Waals surface area contributed by atoms with Crippen molar-refractivity contribution in [3.05, 3.63) is 17.5 Å². The summed E-state index contributed by atoms with van der Waals surface area (Å²) < 4.78 is 4.87. The molecule has 82 valence electrons. The van der Waals surface area contributed by atoms with Crippen LogP contribution in [0.3, 0.4) is 0 Å². The molecule has 2 atom stereocenters. The van der Waals surface area contributed by atoms with E-state index in [-0.39, 0.29) is 11.3 Å². The molecule has 2 unspecified atom stereocenters. The number of nitrogens with zero attached hydrogens (tertiary/aromatic N) is 2. The molecule has 4 nitrogen and oxygen atoms in total. The fourth-order valence-electron chi connectivity index (χ4n) is 1.77. The minimum absolute atomic E-state index is 0.0382. The molecule has 2 rings (SSSR count). The Morgan fingerprint density at radius 3 is 2.87 bits per heavy atom. The smallest absolute Gasteiger partial charge is 0.259 e. The Morgan fingerprint density at radius 2 is 2.40 bits per heavy atom. The Balaban J connectivity index is 2.13. The summed E-state index contributed by atoms with van der Waals surface area (Å²) in [5.41, 5.74) is 0.535. The van der Waals surface area contributed by atoms with Crippen molar-refractivity contribution in [3.8, 4) is 0 Å². The predicted molar refractivity (Wildman–Crippen MR) is 55.9 cm³/mol. The number of hydrogen-bond donors (Lipinski definition) is 0. The Bertz CT molecular complexity index is 367. The topological polar surface area (TPSA) is 46.3 Å². The summed E-state index contributed by atoms with van der Waals surface area (Å²) in [6.07, 6.45) is 1.46. The molecular weight excluding hydrogens is 216 g/mol. The number of aryl methyl sites for hydroxylation is 1. The molecule has 0 spiro atoms. The van der Waals surface area contributed by atoms with Crippen molar-refractivity contribution in [3.63, 3.8) is 0 Å². The van der Waals surface area contributed by atoms with Gasteiger partial charge >= 0.3 is 0 Å². The molecule has 0 aromatic carbocycles. The Labute approximate surface area is 93.2 Å². The van der Waals surface area contributed by atoms with E-state index in [0.29, 0.717) is 30.3 Å². The third-order valence-corrected chi connectivity index (χ3v) is 3.36. The van der Waals surface area contributed by atoms with Crippen LogP contribution < -0.4 is 0 Å². The van der Waals surface area contributed by atoms with Gasteiger partial charge in [0.15, 0.2) is 0 Å². The molecule has 0 radical (unpaired) electrons. The van der Waals surface area contributed by atoms with E-state index in [4.69, 9.17) is 16.1 Å². The Kier molecular flexibility index (Phi) is 2.69. The number of amides is 1. The highest BCUT2D eigenvalue weighted by Gasteiger charge is 2.32. The van der Waals surface area contributed by atoms with Gasteiger partial charge in [0.1, 0.15) is 11.3 Å². The van der Waals surface area contributed by atoms with Gasteiger partial charge in [-0.2, -0.15) is 0 Å². The van der Waals surface area contributed by atoms with Gasteiger partial charge in [-0.3, -0.25) is 4.79 Å². The monoisotopic (exact) mass is 228 g/mol. The van der Waals surface area contributed by atoms with Crippen LogP contribution in [0.5, 0.6) is 0 Å². The first-order valence-corrected chi connectivity index (χ1v) is 5.38. The van der Waals surface area contributed by atoms with Gasteiger partial charge in [-0.1, -0.05) is 12.1 Å². The highest BCUT2D eigenvalue weighted by Crippen LogP contribution is 2.23. The molecule has 1 aromatic heterocycles. The quantitative estimate of drug-likeness (QED) is 0.687. The van der Waals surface area contributed by atoms with Crippen LogP contribution in [0.15, 0.2) is 10.7 Å². The number of aromatic nitrogens is 1. The summed E-state index contributed by atoms with van der Waals surface area (Å²) >= 11 is 6.07. The lowest BCUT2D eigenvalue weighted by molar-refractivity contribution is 0.0786. The van der Waals surface area contributed by atoms with Crippen LogP contribution in [0.25, 0.3) is 0 Å². The maximum absolute atomic E-state index is 12.0. The number of carbonyl (C=O) groups is 1. The summed E-state index contributed by atoms with van der Waals surface area (Å²) in [5, 5.41) is 3.65. The van der Waals surface area contributed by atoms with Crippen molar-refractivity contribution in [2.75, 3.05) is 13.1 Å². The van der Waals surface area contributed by atoms with E-state index in [9.17, 15) is 4.79 Å². The molecule has 1 amide bonds. The van der Waals surface area contributed by atoms with Crippen LogP contribution in [0.2, 0.25) is 0 Å². The summed E-state index contributed by atoms with van der Waals surface area (Å²) in [5.74, 6) is 0.866. The van der Waals surface area contributed by atoms with Crippen LogP contribution in [0.4, 0.5) is 0 Å². The molecule has 1 fully saturated rings. The molecule has 0 N–H and O–H groups in total. The lowest BCUT2D eigenvalue weighted by atomic mass is 10.1. The van der Waals surface area contributed by atoms with Crippen molar-refractivity contribution < 1.29 is 9.32 Å². The van der Waals surface area contributed by atoms with E-state index in [1.165, 1.54) is 6.20 Å². The van der Waals surface area contributed by atoms with Gasteiger partial charge in [-0.05, 0) is 12.8 Å². The van der Waals surface area contributed by atoms with Crippen molar-refractivity contribution in [1.29, 1.82) is 0 Å². The van der Waals surface area contributed by atoms with E-state index >= 15 is 0 Å². The SMILES string of the molecule is Cc1oncc1C(=O)N1CC(C)C(Cl)C1. The van der Waals surface area contributed by atoms with Gasteiger partial charge in [-0.15, -0.1) is 11.6 Å². The zero-order chi connectivity index (χ0) is 11.0. The third-order valence-electron chi connectivity index (χ3n) is 2.79. The maximum atomic E-state index is 12.0. The van der Waals surface area contributed by atoms with E-state index in [1.54, 1.807) is 11.8 Å². The first-order chi connectivity index (χ1) is 7.09. The molecule has 1 aliphatic rings. The first kappa shape index (κ1) is 10.5. The predicted octanol–water partition coefficient (Wildman–Crippen LogP) is 1.68. The average molecular weight is 229 g/mol. The standard InChI is InChI=1S/C10H13ClN2O2/c1-6-4-13(5-9(6)11)10(14)8-3-12-15-7(8)2/h3,6,9H,4-5H2,1-2H3. The summed E-state index contributed by atoms with van der Waals surface area (Å²) in [7, 11) is 0. The normalized spacial score (nSPS) is 25.9. The first-order valence-electron chi connectivity index (χ1n) is 4.94. The zero-order valence-electron chi connectivity index (χ0n) is 8.74. The lowest BCUT2D eigenvalue weighted by Gasteiger charge is -2.14. The molecule has 0 saturated carbocycles. The summed E-state index contributed by atoms with van der Waals surface area (Å²) in [6.45, 7) is 5.09. The van der Waals surface area contributed by atoms with E-state index < -0.39 is 0 Å². The number of carbonyl (C=O) groups excluding carboxylic acids is 1. The van der Waals surface area contributed by atoms with E-state index in [0.717, 1.165) is 0 Å². The highest BCUT2D eigenvalue weighted by atomic mass is 35.5. The molecule has 1 aliphatic heterocycles. The minimum Gasteiger partial charge on any atom is -0.361 e. The van der Waals surface area contributed by atoms with Crippen LogP contribution in [0, 0.1) is 12.8 Å². The second kappa shape index (κ2) is 3.85. The van der Waals surface area contributed by atoms with Gasteiger partial charge < -0.3 is 9.42 Å². The Morgan fingerprint density at radius 1 is 1.67 bits per heavy atom. The van der Waals surface area contributed by atoms with E-state index in [1.807, 2.05) is 6.92 Å². The van der Waals surface area contributed by atoms with Gasteiger partial charge in [0.25, 0.3) is 5.91 Å². The molecule has 2 heterocycles. The summed E-state index contributed by atoms with van der Waals surface area (Å²) in [6, 6.07) is 0. The number of alkyl halides is 1. The minimum atomic E-state index is -0.0382.